The largest absolute Gasteiger partial charge is 0.382 e. The summed E-state index contributed by atoms with van der Waals surface area (Å²) in [7, 11) is 0. The van der Waals surface area contributed by atoms with E-state index in [0.717, 1.165) is 6.42 Å². The minimum atomic E-state index is 0.605. The van der Waals surface area contributed by atoms with Gasteiger partial charge in [0.15, 0.2) is 0 Å². The van der Waals surface area contributed by atoms with E-state index in [2.05, 4.69) is 77.6 Å². The topological polar surface area (TPSA) is 12.0 Å². The molecule has 0 atom stereocenters. The summed E-state index contributed by atoms with van der Waals surface area (Å²) in [5.74, 6) is 0.687. The van der Waals surface area contributed by atoms with Crippen LogP contribution in [0.5, 0.6) is 0 Å². The molecule has 3 rings (SSSR count). The lowest BCUT2D eigenvalue weighted by Crippen LogP contribution is -2.34. The lowest BCUT2D eigenvalue weighted by atomic mass is 9.75. The Morgan fingerprint density at radius 3 is 2.57 bits per heavy atom. The maximum Gasteiger partial charge on any atom is 0.0404 e. The molecule has 21 heavy (non-hydrogen) atoms. The molecule has 1 nitrogen and oxygen atoms in total. The molecule has 1 aliphatic rings. The van der Waals surface area contributed by atoms with Crippen LogP contribution in [0.2, 0.25) is 0 Å². The maximum atomic E-state index is 3.77. The van der Waals surface area contributed by atoms with Crippen LogP contribution in [-0.2, 0) is 6.42 Å². The molecule has 1 N–H and O–H groups in total. The Balaban J connectivity index is 1.67. The van der Waals surface area contributed by atoms with Crippen molar-refractivity contribution in [3.05, 3.63) is 63.6 Å². The fraction of sp³-hybridized carbons (Fsp3) is 0.368. The van der Waals surface area contributed by atoms with E-state index in [0.29, 0.717) is 12.0 Å². The van der Waals surface area contributed by atoms with Crippen LogP contribution in [0.1, 0.15) is 42.4 Å². The highest BCUT2D eigenvalue weighted by molar-refractivity contribution is 9.10. The Labute approximate surface area is 135 Å². The average molecular weight is 344 g/mol. The Morgan fingerprint density at radius 2 is 1.86 bits per heavy atom. The minimum absolute atomic E-state index is 0.605. The third-order valence-corrected chi connectivity index (χ3v) is 5.29. The van der Waals surface area contributed by atoms with Crippen molar-refractivity contribution in [1.82, 2.24) is 0 Å². The van der Waals surface area contributed by atoms with Gasteiger partial charge in [-0.15, -0.1) is 0 Å². The summed E-state index contributed by atoms with van der Waals surface area (Å²) in [6.07, 6.45) is 3.53. The molecule has 0 radical (unpaired) electrons. The van der Waals surface area contributed by atoms with Crippen molar-refractivity contribution >= 4 is 21.6 Å². The minimum Gasteiger partial charge on any atom is -0.382 e. The van der Waals surface area contributed by atoms with Crippen molar-refractivity contribution in [2.45, 2.75) is 45.1 Å². The number of aryl methyl sites for hydroxylation is 2. The van der Waals surface area contributed by atoms with Crippen LogP contribution in [0, 0.1) is 6.92 Å². The van der Waals surface area contributed by atoms with Crippen molar-refractivity contribution in [2.24, 2.45) is 0 Å². The van der Waals surface area contributed by atoms with Crippen molar-refractivity contribution in [2.75, 3.05) is 5.32 Å². The van der Waals surface area contributed by atoms with Crippen LogP contribution >= 0.6 is 15.9 Å². The Morgan fingerprint density at radius 1 is 1.10 bits per heavy atom. The van der Waals surface area contributed by atoms with Gasteiger partial charge in [0.25, 0.3) is 0 Å². The van der Waals surface area contributed by atoms with Gasteiger partial charge < -0.3 is 5.32 Å². The molecule has 110 valence electrons. The smallest absolute Gasteiger partial charge is 0.0404 e. The second kappa shape index (κ2) is 6.23. The summed E-state index contributed by atoms with van der Waals surface area (Å²) in [6, 6.07) is 15.8. The van der Waals surface area contributed by atoms with Gasteiger partial charge in [-0.3, -0.25) is 0 Å². The molecule has 2 heteroatoms. The van der Waals surface area contributed by atoms with Crippen molar-refractivity contribution in [1.29, 1.82) is 0 Å². The first-order valence-electron chi connectivity index (χ1n) is 7.78. The van der Waals surface area contributed by atoms with Crippen molar-refractivity contribution in [3.8, 4) is 0 Å². The molecule has 0 aromatic heterocycles. The highest BCUT2D eigenvalue weighted by atomic mass is 79.9. The van der Waals surface area contributed by atoms with Crippen LogP contribution in [-0.4, -0.2) is 6.04 Å². The van der Waals surface area contributed by atoms with Gasteiger partial charge in [0.05, 0.1) is 0 Å². The molecule has 1 saturated carbocycles. The van der Waals surface area contributed by atoms with Crippen LogP contribution in [0.15, 0.2) is 46.9 Å². The van der Waals surface area contributed by atoms with Gasteiger partial charge in [-0.25, -0.2) is 0 Å². The standard InChI is InChI=1S/C19H22BrN/c1-3-14-8-6-7-13(2)19(14)21-16-11-15(12-16)17-9-4-5-10-18(17)20/h4-10,15-16,21H,3,11-12H2,1-2H3. The number of hydrogen-bond donors (Lipinski definition) is 1. The van der Waals surface area contributed by atoms with E-state index >= 15 is 0 Å². The van der Waals surface area contributed by atoms with E-state index in [-0.39, 0.29) is 0 Å². The van der Waals surface area contributed by atoms with Crippen LogP contribution in [0.4, 0.5) is 5.69 Å². The molecule has 0 aliphatic heterocycles. The predicted molar refractivity (Wildman–Crippen MR) is 94.1 cm³/mol. The molecule has 1 fully saturated rings. The monoisotopic (exact) mass is 343 g/mol. The first-order valence-corrected chi connectivity index (χ1v) is 8.57. The highest BCUT2D eigenvalue weighted by Gasteiger charge is 2.31. The van der Waals surface area contributed by atoms with E-state index in [9.17, 15) is 0 Å². The molecular weight excluding hydrogens is 322 g/mol. The molecule has 0 saturated heterocycles. The number of para-hydroxylation sites is 1. The zero-order valence-corrected chi connectivity index (χ0v) is 14.3. The SMILES string of the molecule is CCc1cccc(C)c1NC1CC(c2ccccc2Br)C1. The van der Waals surface area contributed by atoms with Gasteiger partial charge in [0.1, 0.15) is 0 Å². The Bertz CT molecular complexity index is 629. The lowest BCUT2D eigenvalue weighted by molar-refractivity contribution is 0.373. The molecule has 0 amide bonds. The van der Waals surface area contributed by atoms with E-state index < -0.39 is 0 Å². The molecule has 0 heterocycles. The zero-order valence-electron chi connectivity index (χ0n) is 12.7. The zero-order chi connectivity index (χ0) is 14.8. The summed E-state index contributed by atoms with van der Waals surface area (Å²) < 4.78 is 1.25. The van der Waals surface area contributed by atoms with E-state index in [1.807, 2.05) is 0 Å². The Hall–Kier alpha value is -1.28. The van der Waals surface area contributed by atoms with Gasteiger partial charge in [0, 0.05) is 16.2 Å². The predicted octanol–water partition coefficient (Wildman–Crippen LogP) is 5.68. The first kappa shape index (κ1) is 14.6. The van der Waals surface area contributed by atoms with Gasteiger partial charge in [0.2, 0.25) is 0 Å². The normalized spacial score (nSPS) is 20.9. The number of nitrogens with one attached hydrogen (secondary N) is 1. The number of benzene rings is 2. The fourth-order valence-electron chi connectivity index (χ4n) is 3.23. The summed E-state index contributed by atoms with van der Waals surface area (Å²) in [5.41, 5.74) is 5.60. The second-order valence-electron chi connectivity index (χ2n) is 5.99. The molecule has 0 bridgehead atoms. The molecule has 2 aromatic carbocycles. The average Bonchev–Trinajstić information content (AvgIpc) is 2.45. The molecule has 1 aliphatic carbocycles. The maximum absolute atomic E-state index is 3.77. The molecule has 2 aromatic rings. The van der Waals surface area contributed by atoms with Gasteiger partial charge >= 0.3 is 0 Å². The van der Waals surface area contributed by atoms with Crippen molar-refractivity contribution < 1.29 is 0 Å². The summed E-state index contributed by atoms with van der Waals surface area (Å²) in [6.45, 7) is 4.43. The first-order chi connectivity index (χ1) is 10.2. The number of anilines is 1. The van der Waals surface area contributed by atoms with E-state index in [4.69, 9.17) is 0 Å². The van der Waals surface area contributed by atoms with Crippen LogP contribution < -0.4 is 5.32 Å². The quantitative estimate of drug-likeness (QED) is 0.753. The third kappa shape index (κ3) is 3.01. The van der Waals surface area contributed by atoms with E-state index in [1.54, 1.807) is 0 Å². The van der Waals surface area contributed by atoms with Crippen LogP contribution in [0.25, 0.3) is 0 Å². The number of hydrogen-bond acceptors (Lipinski definition) is 1. The number of halogens is 1. The second-order valence-corrected chi connectivity index (χ2v) is 6.85. The summed E-state index contributed by atoms with van der Waals surface area (Å²) in [5, 5.41) is 3.77. The van der Waals surface area contributed by atoms with Crippen molar-refractivity contribution in [3.63, 3.8) is 0 Å². The Kier molecular flexibility index (Phi) is 4.34. The molecular formula is C19H22BrN. The van der Waals surface area contributed by atoms with Gasteiger partial charge in [-0.1, -0.05) is 59.3 Å². The fourth-order valence-corrected chi connectivity index (χ4v) is 3.84. The number of rotatable bonds is 4. The summed E-state index contributed by atoms with van der Waals surface area (Å²) in [4.78, 5) is 0. The van der Waals surface area contributed by atoms with Gasteiger partial charge in [-0.2, -0.15) is 0 Å². The third-order valence-electron chi connectivity index (χ3n) is 4.57. The summed E-state index contributed by atoms with van der Waals surface area (Å²) >= 11 is 3.67. The van der Waals surface area contributed by atoms with Gasteiger partial charge in [-0.05, 0) is 54.9 Å². The molecule has 0 unspecified atom stereocenters. The lowest BCUT2D eigenvalue weighted by Gasteiger charge is -2.38. The highest BCUT2D eigenvalue weighted by Crippen LogP contribution is 2.41. The van der Waals surface area contributed by atoms with E-state index in [1.165, 1.54) is 39.7 Å². The molecule has 0 spiro atoms. The van der Waals surface area contributed by atoms with Crippen LogP contribution in [0.3, 0.4) is 0 Å².